The first-order chi connectivity index (χ1) is 19.3. The van der Waals surface area contributed by atoms with Crippen molar-refractivity contribution in [1.82, 2.24) is 4.98 Å². The second-order valence-electron chi connectivity index (χ2n) is 10.6. The van der Waals surface area contributed by atoms with E-state index in [0.717, 1.165) is 53.9 Å². The predicted octanol–water partition coefficient (Wildman–Crippen LogP) is 5.34. The van der Waals surface area contributed by atoms with Crippen molar-refractivity contribution < 1.29 is 14.2 Å². The summed E-state index contributed by atoms with van der Waals surface area (Å²) in [4.78, 5) is 20.3. The number of pyridine rings is 1. The molecule has 1 fully saturated rings. The van der Waals surface area contributed by atoms with Gasteiger partial charge in [-0.25, -0.2) is 4.98 Å². The van der Waals surface area contributed by atoms with Gasteiger partial charge >= 0.3 is 7.12 Å². The molecule has 2 N–H and O–H groups in total. The maximum absolute atomic E-state index is 13.5. The third-order valence-electron chi connectivity index (χ3n) is 7.69. The Morgan fingerprint density at radius 1 is 1.10 bits per heavy atom. The highest BCUT2D eigenvalue weighted by Gasteiger charge is 2.26. The molecule has 4 aromatic rings. The fourth-order valence-corrected chi connectivity index (χ4v) is 5.77. The smallest absolute Gasteiger partial charge is 0.440 e. The average Bonchev–Trinajstić information content (AvgIpc) is 2.96. The van der Waals surface area contributed by atoms with Gasteiger partial charge in [-0.3, -0.25) is 4.79 Å². The third-order valence-corrected chi connectivity index (χ3v) is 7.90. The molecule has 0 radical (unpaired) electrons. The lowest BCUT2D eigenvalue weighted by molar-refractivity contribution is 0.286. The van der Waals surface area contributed by atoms with Crippen molar-refractivity contribution in [3.05, 3.63) is 80.1 Å². The van der Waals surface area contributed by atoms with Crippen molar-refractivity contribution in [2.75, 3.05) is 23.3 Å². The van der Waals surface area contributed by atoms with Crippen LogP contribution in [0.3, 0.4) is 0 Å². The second kappa shape index (κ2) is 10.6. The number of oxime groups is 1. The Balaban J connectivity index is 1.42. The topological polar surface area (TPSA) is 100 Å². The highest BCUT2D eigenvalue weighted by atomic mass is 35.5. The highest BCUT2D eigenvalue weighted by molar-refractivity contribution is 6.62. The van der Waals surface area contributed by atoms with E-state index in [2.05, 4.69) is 26.4 Å². The molecule has 2 aromatic heterocycles. The molecule has 1 atom stereocenters. The van der Waals surface area contributed by atoms with Gasteiger partial charge in [-0.05, 0) is 75.4 Å². The van der Waals surface area contributed by atoms with Crippen LogP contribution in [-0.2, 0) is 4.76 Å². The number of halogens is 1. The Labute approximate surface area is 237 Å². The molecule has 0 amide bonds. The van der Waals surface area contributed by atoms with Crippen LogP contribution >= 0.6 is 11.6 Å². The van der Waals surface area contributed by atoms with E-state index in [9.17, 15) is 9.82 Å². The van der Waals surface area contributed by atoms with Crippen molar-refractivity contribution in [2.45, 2.75) is 46.1 Å². The first-order valence-corrected chi connectivity index (χ1v) is 14.0. The molecule has 40 heavy (non-hydrogen) atoms. The molecule has 204 valence electrons. The van der Waals surface area contributed by atoms with Gasteiger partial charge in [0.25, 0.3) is 0 Å². The van der Waals surface area contributed by atoms with Crippen LogP contribution in [0.15, 0.2) is 56.8 Å². The monoisotopic (exact) mass is 556 g/mol. The molecule has 2 aromatic carbocycles. The lowest BCUT2D eigenvalue weighted by Gasteiger charge is -2.29. The second-order valence-corrected chi connectivity index (χ2v) is 11.0. The Morgan fingerprint density at radius 2 is 1.90 bits per heavy atom. The number of benzene rings is 2. The number of anilines is 2. The van der Waals surface area contributed by atoms with Gasteiger partial charge in [-0.15, -0.1) is 5.16 Å². The van der Waals surface area contributed by atoms with Gasteiger partial charge in [-0.2, -0.15) is 0 Å². The van der Waals surface area contributed by atoms with Gasteiger partial charge < -0.3 is 24.4 Å². The molecule has 4 heterocycles. The minimum Gasteiger partial charge on any atom is -0.440 e. The molecular weight excluding hydrogens is 527 g/mol. The van der Waals surface area contributed by atoms with E-state index in [1.54, 1.807) is 18.3 Å². The molecule has 0 aliphatic carbocycles. The molecule has 1 saturated heterocycles. The molecule has 6 rings (SSSR count). The number of fused-ring (bicyclic) bond motifs is 2. The highest BCUT2D eigenvalue weighted by Crippen LogP contribution is 2.35. The number of piperidine rings is 1. The Hall–Kier alpha value is -3.82. The van der Waals surface area contributed by atoms with E-state index in [1.807, 2.05) is 45.0 Å². The van der Waals surface area contributed by atoms with Crippen LogP contribution in [0.4, 0.5) is 11.6 Å². The van der Waals surface area contributed by atoms with Crippen LogP contribution < -0.4 is 21.1 Å². The van der Waals surface area contributed by atoms with E-state index < -0.39 is 7.12 Å². The van der Waals surface area contributed by atoms with E-state index >= 15 is 0 Å². The van der Waals surface area contributed by atoms with Crippen molar-refractivity contribution in [3.8, 4) is 11.3 Å². The summed E-state index contributed by atoms with van der Waals surface area (Å²) in [5.41, 5.74) is 6.73. The average molecular weight is 557 g/mol. The predicted molar refractivity (Wildman–Crippen MR) is 161 cm³/mol. The maximum Gasteiger partial charge on any atom is 0.583 e. The summed E-state index contributed by atoms with van der Waals surface area (Å²) in [6.07, 6.45) is 4.94. The molecular formula is C30H30BClN4O4. The molecule has 2 aliphatic rings. The summed E-state index contributed by atoms with van der Waals surface area (Å²) in [5, 5.41) is 18.4. The number of hydrogen-bond acceptors (Lipinski definition) is 8. The molecule has 8 nitrogen and oxygen atoms in total. The summed E-state index contributed by atoms with van der Waals surface area (Å²) in [7, 11) is -1.11. The quantitative estimate of drug-likeness (QED) is 0.253. The van der Waals surface area contributed by atoms with Gasteiger partial charge in [0.15, 0.2) is 5.43 Å². The lowest BCUT2D eigenvalue weighted by atomic mass is 9.75. The zero-order valence-electron chi connectivity index (χ0n) is 22.7. The summed E-state index contributed by atoms with van der Waals surface area (Å²) < 4.78 is 11.5. The van der Waals surface area contributed by atoms with Gasteiger partial charge in [0.1, 0.15) is 10.7 Å². The lowest BCUT2D eigenvalue weighted by Crippen LogP contribution is -2.37. The van der Waals surface area contributed by atoms with Crippen LogP contribution in [0.2, 0.25) is 5.15 Å². The Bertz CT molecular complexity index is 1700. The maximum atomic E-state index is 13.5. The van der Waals surface area contributed by atoms with Crippen LogP contribution in [0.5, 0.6) is 0 Å². The fourth-order valence-electron chi connectivity index (χ4n) is 5.62. The van der Waals surface area contributed by atoms with Crippen LogP contribution in [0, 0.1) is 13.8 Å². The zero-order valence-corrected chi connectivity index (χ0v) is 23.5. The summed E-state index contributed by atoms with van der Waals surface area (Å²) >= 11 is 6.33. The summed E-state index contributed by atoms with van der Waals surface area (Å²) in [6, 6.07) is 12.9. The molecule has 0 saturated carbocycles. The number of nitrogens with one attached hydrogen (secondary N) is 1. The third kappa shape index (κ3) is 4.84. The number of aromatic nitrogens is 1. The van der Waals surface area contributed by atoms with Gasteiger partial charge in [0, 0.05) is 29.7 Å². The van der Waals surface area contributed by atoms with E-state index in [-0.39, 0.29) is 11.5 Å². The first kappa shape index (κ1) is 26.4. The molecule has 0 spiro atoms. The van der Waals surface area contributed by atoms with Gasteiger partial charge in [0.05, 0.1) is 34.6 Å². The Kier molecular flexibility index (Phi) is 7.02. The van der Waals surface area contributed by atoms with Crippen LogP contribution in [0.1, 0.15) is 54.5 Å². The number of aryl methyl sites for hydroxylation is 1. The van der Waals surface area contributed by atoms with Crippen molar-refractivity contribution >= 4 is 52.9 Å². The molecule has 10 heteroatoms. The van der Waals surface area contributed by atoms with Crippen molar-refractivity contribution in [2.24, 2.45) is 5.16 Å². The molecule has 2 aliphatic heterocycles. The summed E-state index contributed by atoms with van der Waals surface area (Å²) in [5.74, 6) is 0.672. The van der Waals surface area contributed by atoms with Gasteiger partial charge in [0.2, 0.25) is 5.88 Å². The number of nitrogens with zero attached hydrogens (tertiary/aromatic N) is 3. The van der Waals surface area contributed by atoms with E-state index in [4.69, 9.17) is 20.8 Å². The number of rotatable bonds is 5. The van der Waals surface area contributed by atoms with Crippen LogP contribution in [0.25, 0.3) is 22.2 Å². The largest absolute Gasteiger partial charge is 0.583 e. The SMILES string of the molecule is Cc1cc([C@H](C)Nc2ccc(Cl)nc2-c2ccc3c(c2)C=NOB3O)c2oc(N3CCCCC3)c(C)c(=O)c2c1. The summed E-state index contributed by atoms with van der Waals surface area (Å²) in [6.45, 7) is 7.67. The van der Waals surface area contributed by atoms with Crippen LogP contribution in [-0.4, -0.2) is 36.4 Å². The normalized spacial score (nSPS) is 15.6. The minimum absolute atomic E-state index is 0.00899. The van der Waals surface area contributed by atoms with Crippen molar-refractivity contribution in [3.63, 3.8) is 0 Å². The minimum atomic E-state index is -1.11. The first-order valence-electron chi connectivity index (χ1n) is 13.6. The fraction of sp³-hybridized carbons (Fsp3) is 0.300. The zero-order chi connectivity index (χ0) is 28.0. The van der Waals surface area contributed by atoms with E-state index in [1.165, 1.54) is 6.42 Å². The number of hydrogen-bond donors (Lipinski definition) is 2. The Morgan fingerprint density at radius 3 is 2.70 bits per heavy atom. The van der Waals surface area contributed by atoms with Crippen molar-refractivity contribution in [1.29, 1.82) is 0 Å². The van der Waals surface area contributed by atoms with E-state index in [0.29, 0.717) is 38.7 Å². The molecule has 0 unspecified atom stereocenters. The standard InChI is InChI=1S/C30H30BClN4O4/c1-17-13-22(29-23(14-17)28(37)18(2)30(39-29)36-11-5-4-6-12-36)19(3)34-25-9-10-26(32)35-27(25)20-7-8-24-21(15-20)16-33-40-31(24)38/h7-10,13-16,19,34,38H,4-6,11-12H2,1-3H3/t19-/m0/s1. The molecule has 0 bridgehead atoms. The van der Waals surface area contributed by atoms with Gasteiger partial charge in [-0.1, -0.05) is 29.8 Å².